The van der Waals surface area contributed by atoms with Crippen LogP contribution in [0.1, 0.15) is 36.0 Å². The third kappa shape index (κ3) is 4.43. The Hall–Kier alpha value is -2.60. The van der Waals surface area contributed by atoms with Crippen LogP contribution in [0, 0.1) is 13.8 Å². The minimum Gasteiger partial charge on any atom is -0.343 e. The van der Waals surface area contributed by atoms with Gasteiger partial charge in [0.15, 0.2) is 5.16 Å². The first kappa shape index (κ1) is 20.7. The van der Waals surface area contributed by atoms with Gasteiger partial charge in [-0.05, 0) is 49.9 Å². The number of carbonyl (C=O) groups is 1. The lowest BCUT2D eigenvalue weighted by molar-refractivity contribution is -0.127. The van der Waals surface area contributed by atoms with Crippen molar-refractivity contribution in [1.29, 1.82) is 0 Å². The molecule has 3 aromatic rings. The van der Waals surface area contributed by atoms with Gasteiger partial charge in [-0.3, -0.25) is 14.2 Å². The van der Waals surface area contributed by atoms with Gasteiger partial charge in [0, 0.05) is 31.8 Å². The maximum absolute atomic E-state index is 13.2. The molecule has 1 saturated heterocycles. The fraction of sp³-hybridized carbons (Fsp3) is 0.375. The summed E-state index contributed by atoms with van der Waals surface area (Å²) in [5.41, 5.74) is 4.47. The minimum atomic E-state index is -0.00295. The standard InChI is InChI=1S/C24H27N3O2S/c1-17-10-11-18(2)19(15-17)16-30-24-25-21-8-4-3-7-20(21)23(29)27(24)14-6-13-26-12-5-9-22(26)28/h3-4,7-8,10-11,15H,5-6,9,12-14,16H2,1-2H3. The number of hydrogen-bond donors (Lipinski definition) is 0. The van der Waals surface area contributed by atoms with Crippen LogP contribution >= 0.6 is 11.8 Å². The van der Waals surface area contributed by atoms with Crippen molar-refractivity contribution in [3.05, 3.63) is 69.5 Å². The van der Waals surface area contributed by atoms with Gasteiger partial charge in [-0.15, -0.1) is 0 Å². The van der Waals surface area contributed by atoms with Crippen LogP contribution < -0.4 is 5.56 Å². The van der Waals surface area contributed by atoms with E-state index >= 15 is 0 Å². The Morgan fingerprint density at radius 3 is 2.70 bits per heavy atom. The van der Waals surface area contributed by atoms with E-state index in [9.17, 15) is 9.59 Å². The number of benzene rings is 2. The van der Waals surface area contributed by atoms with Crippen LogP contribution in [0.4, 0.5) is 0 Å². The average molecular weight is 422 g/mol. The van der Waals surface area contributed by atoms with Crippen LogP contribution in [0.25, 0.3) is 10.9 Å². The summed E-state index contributed by atoms with van der Waals surface area (Å²) in [5.74, 6) is 0.992. The van der Waals surface area contributed by atoms with Crippen LogP contribution in [0.3, 0.4) is 0 Å². The maximum atomic E-state index is 13.2. The molecule has 1 aliphatic rings. The number of para-hydroxylation sites is 1. The van der Waals surface area contributed by atoms with Crippen LogP contribution in [0.2, 0.25) is 0 Å². The second-order valence-electron chi connectivity index (χ2n) is 7.92. The van der Waals surface area contributed by atoms with E-state index in [0.29, 0.717) is 24.9 Å². The zero-order valence-electron chi connectivity index (χ0n) is 17.6. The van der Waals surface area contributed by atoms with Gasteiger partial charge in [0.05, 0.1) is 10.9 Å². The normalized spacial score (nSPS) is 14.1. The van der Waals surface area contributed by atoms with E-state index in [1.807, 2.05) is 29.2 Å². The number of rotatable bonds is 7. The Bertz CT molecular complexity index is 1140. The predicted molar refractivity (Wildman–Crippen MR) is 122 cm³/mol. The number of likely N-dealkylation sites (tertiary alicyclic amines) is 1. The number of carbonyl (C=O) groups excluding carboxylic acids is 1. The second-order valence-corrected chi connectivity index (χ2v) is 8.87. The van der Waals surface area contributed by atoms with Gasteiger partial charge in [-0.1, -0.05) is 47.7 Å². The Morgan fingerprint density at radius 1 is 1.07 bits per heavy atom. The third-order valence-corrected chi connectivity index (χ3v) is 6.69. The molecule has 5 nitrogen and oxygen atoms in total. The van der Waals surface area contributed by atoms with E-state index in [-0.39, 0.29) is 11.5 Å². The van der Waals surface area contributed by atoms with Crippen molar-refractivity contribution in [1.82, 2.24) is 14.5 Å². The van der Waals surface area contributed by atoms with Gasteiger partial charge in [-0.25, -0.2) is 4.98 Å². The van der Waals surface area contributed by atoms with Crippen molar-refractivity contribution in [2.45, 2.75) is 50.6 Å². The molecular formula is C24H27N3O2S. The van der Waals surface area contributed by atoms with Crippen molar-refractivity contribution in [2.75, 3.05) is 13.1 Å². The molecule has 4 rings (SSSR count). The maximum Gasteiger partial charge on any atom is 0.262 e. The molecule has 0 aliphatic carbocycles. The first-order valence-electron chi connectivity index (χ1n) is 10.5. The highest BCUT2D eigenvalue weighted by molar-refractivity contribution is 7.98. The summed E-state index contributed by atoms with van der Waals surface area (Å²) in [7, 11) is 0. The summed E-state index contributed by atoms with van der Waals surface area (Å²) in [5, 5.41) is 1.39. The smallest absolute Gasteiger partial charge is 0.262 e. The number of fused-ring (bicyclic) bond motifs is 1. The molecule has 0 atom stereocenters. The lowest BCUT2D eigenvalue weighted by atomic mass is 10.1. The van der Waals surface area contributed by atoms with Gasteiger partial charge in [0.25, 0.3) is 5.56 Å². The summed E-state index contributed by atoms with van der Waals surface area (Å²) in [6.45, 7) is 6.30. The fourth-order valence-electron chi connectivity index (χ4n) is 3.91. The average Bonchev–Trinajstić information content (AvgIpc) is 3.15. The highest BCUT2D eigenvalue weighted by Gasteiger charge is 2.20. The molecule has 0 saturated carbocycles. The Labute approximate surface area is 181 Å². The molecule has 1 fully saturated rings. The van der Waals surface area contributed by atoms with Crippen LogP contribution in [0.5, 0.6) is 0 Å². The molecule has 0 radical (unpaired) electrons. The summed E-state index contributed by atoms with van der Waals surface area (Å²) >= 11 is 1.61. The van der Waals surface area contributed by atoms with E-state index < -0.39 is 0 Å². The molecule has 156 valence electrons. The van der Waals surface area contributed by atoms with Crippen LogP contribution in [-0.4, -0.2) is 33.4 Å². The zero-order chi connectivity index (χ0) is 21.1. The number of hydrogen-bond acceptors (Lipinski definition) is 4. The molecule has 2 heterocycles. The van der Waals surface area contributed by atoms with Gasteiger partial charge in [-0.2, -0.15) is 0 Å². The zero-order valence-corrected chi connectivity index (χ0v) is 18.4. The first-order chi connectivity index (χ1) is 14.5. The van der Waals surface area contributed by atoms with Gasteiger partial charge >= 0.3 is 0 Å². The first-order valence-corrected chi connectivity index (χ1v) is 11.5. The Morgan fingerprint density at radius 2 is 1.90 bits per heavy atom. The monoisotopic (exact) mass is 421 g/mol. The van der Waals surface area contributed by atoms with Crippen molar-refractivity contribution >= 4 is 28.6 Å². The molecular weight excluding hydrogens is 394 g/mol. The highest BCUT2D eigenvalue weighted by Crippen LogP contribution is 2.25. The van der Waals surface area contributed by atoms with Gasteiger partial charge in [0.2, 0.25) is 5.91 Å². The van der Waals surface area contributed by atoms with E-state index in [2.05, 4.69) is 32.0 Å². The fourth-order valence-corrected chi connectivity index (χ4v) is 5.00. The minimum absolute atomic E-state index is 0.00295. The Balaban J connectivity index is 1.59. The molecule has 1 aromatic heterocycles. The summed E-state index contributed by atoms with van der Waals surface area (Å²) in [6, 6.07) is 14.0. The van der Waals surface area contributed by atoms with Gasteiger partial charge in [0.1, 0.15) is 0 Å². The number of thioether (sulfide) groups is 1. The van der Waals surface area contributed by atoms with E-state index in [0.717, 1.165) is 35.8 Å². The topological polar surface area (TPSA) is 55.2 Å². The molecule has 0 unspecified atom stereocenters. The predicted octanol–water partition coefficient (Wildman–Crippen LogP) is 4.32. The van der Waals surface area contributed by atoms with E-state index in [1.165, 1.54) is 16.7 Å². The number of amides is 1. The van der Waals surface area contributed by atoms with E-state index in [4.69, 9.17) is 4.98 Å². The highest BCUT2D eigenvalue weighted by atomic mass is 32.2. The van der Waals surface area contributed by atoms with Crippen molar-refractivity contribution in [3.8, 4) is 0 Å². The molecule has 1 aliphatic heterocycles. The molecule has 0 bridgehead atoms. The number of aromatic nitrogens is 2. The molecule has 30 heavy (non-hydrogen) atoms. The van der Waals surface area contributed by atoms with Crippen molar-refractivity contribution in [3.63, 3.8) is 0 Å². The number of aryl methyl sites for hydroxylation is 2. The van der Waals surface area contributed by atoms with Crippen LogP contribution in [-0.2, 0) is 17.1 Å². The SMILES string of the molecule is Cc1ccc(C)c(CSc2nc3ccccc3c(=O)n2CCCN2CCCC2=O)c1. The Kier molecular flexibility index (Phi) is 6.23. The number of nitrogens with zero attached hydrogens (tertiary/aromatic N) is 3. The summed E-state index contributed by atoms with van der Waals surface area (Å²) in [4.78, 5) is 31.8. The third-order valence-electron chi connectivity index (χ3n) is 5.67. The van der Waals surface area contributed by atoms with Crippen molar-refractivity contribution < 1.29 is 4.79 Å². The largest absolute Gasteiger partial charge is 0.343 e. The molecule has 1 amide bonds. The molecule has 0 N–H and O–H groups in total. The van der Waals surface area contributed by atoms with Crippen molar-refractivity contribution in [2.24, 2.45) is 0 Å². The molecule has 0 spiro atoms. The lowest BCUT2D eigenvalue weighted by Gasteiger charge is -2.17. The lowest BCUT2D eigenvalue weighted by Crippen LogP contribution is -2.29. The summed E-state index contributed by atoms with van der Waals surface area (Å²) in [6.07, 6.45) is 2.34. The van der Waals surface area contributed by atoms with Crippen LogP contribution in [0.15, 0.2) is 52.4 Å². The van der Waals surface area contributed by atoms with E-state index in [1.54, 1.807) is 16.3 Å². The second kappa shape index (κ2) is 9.04. The quantitative estimate of drug-likeness (QED) is 0.421. The summed E-state index contributed by atoms with van der Waals surface area (Å²) < 4.78 is 1.79. The van der Waals surface area contributed by atoms with Gasteiger partial charge < -0.3 is 4.90 Å². The molecule has 2 aromatic carbocycles. The molecule has 6 heteroatoms.